The fourth-order valence-corrected chi connectivity index (χ4v) is 2.61. The van der Waals surface area contributed by atoms with Gasteiger partial charge in [-0.1, -0.05) is 0 Å². The predicted octanol–water partition coefficient (Wildman–Crippen LogP) is 0.272. The molecule has 2 rings (SSSR count). The van der Waals surface area contributed by atoms with Crippen LogP contribution in [0.5, 0.6) is 0 Å². The third-order valence-electron chi connectivity index (χ3n) is 3.62. The standard InChI is InChI=1S/C14H22N4O2.ClH/c1-8-5-9(2)18-13(17-8)3-4-16-14(20)10-6-11(15)12(19)7-10;/h5,10-12,19H,3-4,6-7,15H2,1-2H3,(H,16,20);1H/t10-,11+,12+;/m0./s1. The first-order chi connectivity index (χ1) is 9.45. The number of hydrogen-bond donors (Lipinski definition) is 3. The Balaban J connectivity index is 0.00000220. The van der Waals surface area contributed by atoms with Gasteiger partial charge in [0, 0.05) is 36.3 Å². The zero-order chi connectivity index (χ0) is 14.7. The highest BCUT2D eigenvalue weighted by atomic mass is 35.5. The van der Waals surface area contributed by atoms with Crippen molar-refractivity contribution in [3.05, 3.63) is 23.3 Å². The number of halogens is 1. The zero-order valence-corrected chi connectivity index (χ0v) is 13.2. The molecule has 0 radical (unpaired) electrons. The quantitative estimate of drug-likeness (QED) is 0.740. The third-order valence-corrected chi connectivity index (χ3v) is 3.62. The monoisotopic (exact) mass is 314 g/mol. The van der Waals surface area contributed by atoms with Crippen LogP contribution in [-0.4, -0.2) is 39.7 Å². The second-order valence-corrected chi connectivity index (χ2v) is 5.51. The molecule has 1 aromatic rings. The van der Waals surface area contributed by atoms with E-state index in [0.29, 0.717) is 25.8 Å². The van der Waals surface area contributed by atoms with Crippen LogP contribution in [0.1, 0.15) is 30.1 Å². The van der Waals surface area contributed by atoms with E-state index in [4.69, 9.17) is 5.73 Å². The summed E-state index contributed by atoms with van der Waals surface area (Å²) in [5, 5.41) is 12.4. The van der Waals surface area contributed by atoms with Crippen LogP contribution in [-0.2, 0) is 11.2 Å². The molecule has 3 atom stereocenters. The summed E-state index contributed by atoms with van der Waals surface area (Å²) in [5.74, 6) is 0.521. The normalized spacial score (nSPS) is 24.5. The van der Waals surface area contributed by atoms with Crippen molar-refractivity contribution in [3.63, 3.8) is 0 Å². The van der Waals surface area contributed by atoms with Crippen LogP contribution >= 0.6 is 12.4 Å². The Morgan fingerprint density at radius 1 is 1.38 bits per heavy atom. The van der Waals surface area contributed by atoms with Gasteiger partial charge in [-0.25, -0.2) is 9.97 Å². The van der Waals surface area contributed by atoms with Crippen LogP contribution < -0.4 is 11.1 Å². The molecule has 1 amide bonds. The summed E-state index contributed by atoms with van der Waals surface area (Å²) >= 11 is 0. The minimum Gasteiger partial charge on any atom is -0.391 e. The Morgan fingerprint density at radius 3 is 2.52 bits per heavy atom. The molecule has 0 saturated heterocycles. The van der Waals surface area contributed by atoms with Gasteiger partial charge in [0.05, 0.1) is 6.10 Å². The van der Waals surface area contributed by atoms with Gasteiger partial charge in [-0.2, -0.15) is 0 Å². The summed E-state index contributed by atoms with van der Waals surface area (Å²) in [5.41, 5.74) is 7.58. The maximum atomic E-state index is 11.9. The molecule has 0 bridgehead atoms. The van der Waals surface area contributed by atoms with Crippen molar-refractivity contribution in [1.82, 2.24) is 15.3 Å². The van der Waals surface area contributed by atoms with Gasteiger partial charge < -0.3 is 16.2 Å². The summed E-state index contributed by atoms with van der Waals surface area (Å²) in [4.78, 5) is 20.6. The average Bonchev–Trinajstić information content (AvgIpc) is 2.68. The van der Waals surface area contributed by atoms with Gasteiger partial charge in [0.15, 0.2) is 0 Å². The van der Waals surface area contributed by atoms with E-state index in [9.17, 15) is 9.90 Å². The largest absolute Gasteiger partial charge is 0.391 e. The second kappa shape index (κ2) is 7.68. The molecule has 4 N–H and O–H groups in total. The molecule has 1 saturated carbocycles. The molecule has 1 heterocycles. The Kier molecular flexibility index (Phi) is 6.51. The third kappa shape index (κ3) is 4.91. The number of amides is 1. The minimum absolute atomic E-state index is 0. The predicted molar refractivity (Wildman–Crippen MR) is 82.2 cm³/mol. The number of hydrogen-bond acceptors (Lipinski definition) is 5. The van der Waals surface area contributed by atoms with Crippen molar-refractivity contribution in [2.75, 3.05) is 6.54 Å². The van der Waals surface area contributed by atoms with Gasteiger partial charge in [-0.05, 0) is 32.8 Å². The van der Waals surface area contributed by atoms with E-state index in [0.717, 1.165) is 17.2 Å². The number of carbonyl (C=O) groups is 1. The van der Waals surface area contributed by atoms with Crippen LogP contribution in [0, 0.1) is 19.8 Å². The van der Waals surface area contributed by atoms with E-state index in [1.165, 1.54) is 0 Å². The molecule has 0 spiro atoms. The Bertz CT molecular complexity index is 468. The molecule has 21 heavy (non-hydrogen) atoms. The lowest BCUT2D eigenvalue weighted by Gasteiger charge is -2.10. The van der Waals surface area contributed by atoms with Gasteiger partial charge in [0.25, 0.3) is 0 Å². The molecular formula is C14H23ClN4O2. The van der Waals surface area contributed by atoms with Crippen molar-refractivity contribution >= 4 is 18.3 Å². The summed E-state index contributed by atoms with van der Waals surface area (Å²) in [6.45, 7) is 4.36. The number of nitrogens with two attached hydrogens (primary N) is 1. The number of carbonyl (C=O) groups excluding carboxylic acids is 1. The molecule has 0 aliphatic heterocycles. The number of aromatic nitrogens is 2. The first-order valence-corrected chi connectivity index (χ1v) is 6.98. The number of rotatable bonds is 4. The fraction of sp³-hybridized carbons (Fsp3) is 0.643. The van der Waals surface area contributed by atoms with Crippen molar-refractivity contribution in [3.8, 4) is 0 Å². The first kappa shape index (κ1) is 17.8. The number of aliphatic hydroxyl groups is 1. The molecule has 118 valence electrons. The maximum Gasteiger partial charge on any atom is 0.223 e. The molecule has 7 heteroatoms. The Morgan fingerprint density at radius 2 is 2.00 bits per heavy atom. The second-order valence-electron chi connectivity index (χ2n) is 5.51. The summed E-state index contributed by atoms with van der Waals surface area (Å²) in [7, 11) is 0. The van der Waals surface area contributed by atoms with Gasteiger partial charge in [0.2, 0.25) is 5.91 Å². The number of aliphatic hydroxyl groups excluding tert-OH is 1. The van der Waals surface area contributed by atoms with Gasteiger partial charge in [0.1, 0.15) is 5.82 Å². The number of nitrogens with zero attached hydrogens (tertiary/aromatic N) is 2. The minimum atomic E-state index is -0.562. The SMILES string of the molecule is Cc1cc(C)nc(CCNC(=O)[C@H]2C[C@@H](N)[C@H](O)C2)n1.Cl. The number of nitrogens with one attached hydrogen (secondary N) is 1. The van der Waals surface area contributed by atoms with Gasteiger partial charge in [-0.3, -0.25) is 4.79 Å². The van der Waals surface area contributed by atoms with Gasteiger partial charge >= 0.3 is 0 Å². The molecule has 0 unspecified atom stereocenters. The highest BCUT2D eigenvalue weighted by Crippen LogP contribution is 2.24. The highest BCUT2D eigenvalue weighted by molar-refractivity contribution is 5.85. The Labute approximate surface area is 131 Å². The lowest BCUT2D eigenvalue weighted by molar-refractivity contribution is -0.125. The van der Waals surface area contributed by atoms with Crippen LogP contribution in [0.25, 0.3) is 0 Å². The number of aryl methyl sites for hydroxylation is 2. The molecule has 0 aromatic carbocycles. The Hall–Kier alpha value is -1.24. The van der Waals surface area contributed by atoms with E-state index < -0.39 is 6.10 Å². The van der Waals surface area contributed by atoms with Crippen molar-refractivity contribution in [2.24, 2.45) is 11.7 Å². The van der Waals surface area contributed by atoms with E-state index in [-0.39, 0.29) is 30.3 Å². The summed E-state index contributed by atoms with van der Waals surface area (Å²) in [6, 6.07) is 1.64. The highest BCUT2D eigenvalue weighted by Gasteiger charge is 2.34. The van der Waals surface area contributed by atoms with Crippen molar-refractivity contribution < 1.29 is 9.90 Å². The molecule has 1 fully saturated rings. The molecule has 1 aromatic heterocycles. The van der Waals surface area contributed by atoms with Crippen LogP contribution in [0.4, 0.5) is 0 Å². The van der Waals surface area contributed by atoms with E-state index in [1.54, 1.807) is 0 Å². The van der Waals surface area contributed by atoms with E-state index in [1.807, 2.05) is 19.9 Å². The summed E-state index contributed by atoms with van der Waals surface area (Å²) < 4.78 is 0. The molecule has 1 aliphatic carbocycles. The lowest BCUT2D eigenvalue weighted by atomic mass is 10.1. The van der Waals surface area contributed by atoms with Crippen LogP contribution in [0.2, 0.25) is 0 Å². The van der Waals surface area contributed by atoms with Crippen molar-refractivity contribution in [1.29, 1.82) is 0 Å². The van der Waals surface area contributed by atoms with Crippen LogP contribution in [0.3, 0.4) is 0 Å². The maximum absolute atomic E-state index is 11.9. The lowest BCUT2D eigenvalue weighted by Crippen LogP contribution is -2.32. The summed E-state index contributed by atoms with van der Waals surface area (Å²) in [6.07, 6.45) is 1.05. The molecular weight excluding hydrogens is 292 g/mol. The van der Waals surface area contributed by atoms with E-state index in [2.05, 4.69) is 15.3 Å². The van der Waals surface area contributed by atoms with Gasteiger partial charge in [-0.15, -0.1) is 12.4 Å². The van der Waals surface area contributed by atoms with Crippen LogP contribution in [0.15, 0.2) is 6.07 Å². The topological polar surface area (TPSA) is 101 Å². The molecule has 6 nitrogen and oxygen atoms in total. The fourth-order valence-electron chi connectivity index (χ4n) is 2.61. The smallest absolute Gasteiger partial charge is 0.223 e. The van der Waals surface area contributed by atoms with Crippen molar-refractivity contribution in [2.45, 2.75) is 45.3 Å². The zero-order valence-electron chi connectivity index (χ0n) is 12.4. The van der Waals surface area contributed by atoms with E-state index >= 15 is 0 Å². The average molecular weight is 315 g/mol. The first-order valence-electron chi connectivity index (χ1n) is 6.98. The molecule has 1 aliphatic rings.